The van der Waals surface area contributed by atoms with E-state index in [9.17, 15) is 5.11 Å². The van der Waals surface area contributed by atoms with E-state index < -0.39 is 0 Å². The topological polar surface area (TPSA) is 62.9 Å². The van der Waals surface area contributed by atoms with Gasteiger partial charge in [0.2, 0.25) is 0 Å². The van der Waals surface area contributed by atoms with Gasteiger partial charge in [-0.1, -0.05) is 12.1 Å². The zero-order chi connectivity index (χ0) is 19.1. The fraction of sp³-hybridized carbons (Fsp3) is 0.429. The molecule has 1 aromatic carbocycles. The van der Waals surface area contributed by atoms with Crippen molar-refractivity contribution in [1.29, 1.82) is 0 Å². The number of aromatic nitrogens is 3. The molecule has 1 aliphatic heterocycles. The van der Waals surface area contributed by atoms with E-state index in [1.165, 1.54) is 0 Å². The Morgan fingerprint density at radius 3 is 2.74 bits per heavy atom. The summed E-state index contributed by atoms with van der Waals surface area (Å²) in [5, 5.41) is 14.7. The number of imidazole rings is 1. The first kappa shape index (κ1) is 17.8. The van der Waals surface area contributed by atoms with Gasteiger partial charge in [0.05, 0.1) is 35.5 Å². The van der Waals surface area contributed by atoms with Crippen molar-refractivity contribution in [2.45, 2.75) is 40.2 Å². The molecule has 1 aliphatic rings. The number of nitrogens with zero attached hydrogens (tertiary/aromatic N) is 4. The smallest absolute Gasteiger partial charge is 0.178 e. The number of rotatable bonds is 4. The van der Waals surface area contributed by atoms with Crippen molar-refractivity contribution in [3.05, 3.63) is 41.2 Å². The average molecular weight is 366 g/mol. The summed E-state index contributed by atoms with van der Waals surface area (Å²) >= 11 is 0. The van der Waals surface area contributed by atoms with Gasteiger partial charge in [0.25, 0.3) is 0 Å². The van der Waals surface area contributed by atoms with Gasteiger partial charge in [-0.2, -0.15) is 5.10 Å². The molecule has 142 valence electrons. The molecule has 3 heterocycles. The van der Waals surface area contributed by atoms with E-state index in [2.05, 4.69) is 36.1 Å². The van der Waals surface area contributed by atoms with Gasteiger partial charge < -0.3 is 14.7 Å². The van der Waals surface area contributed by atoms with Crippen LogP contribution < -0.4 is 9.64 Å². The van der Waals surface area contributed by atoms with Gasteiger partial charge in [0, 0.05) is 18.7 Å². The molecule has 6 heteroatoms. The monoisotopic (exact) mass is 366 g/mol. The Morgan fingerprint density at radius 1 is 1.22 bits per heavy atom. The maximum atomic E-state index is 9.95. The Morgan fingerprint density at radius 2 is 2.04 bits per heavy atom. The lowest BCUT2D eigenvalue weighted by molar-refractivity contribution is 0.198. The number of aryl methyl sites for hydroxylation is 3. The summed E-state index contributed by atoms with van der Waals surface area (Å²) in [7, 11) is 0. The number of aliphatic hydroxyl groups is 1. The van der Waals surface area contributed by atoms with Crippen LogP contribution in [0.1, 0.15) is 30.3 Å². The zero-order valence-electron chi connectivity index (χ0n) is 16.4. The number of benzene rings is 1. The van der Waals surface area contributed by atoms with Gasteiger partial charge in [-0.05, 0) is 51.8 Å². The van der Waals surface area contributed by atoms with Crippen molar-refractivity contribution in [3.63, 3.8) is 0 Å². The number of ether oxygens (including phenoxy) is 1. The van der Waals surface area contributed by atoms with Crippen molar-refractivity contribution in [1.82, 2.24) is 14.6 Å². The Balaban J connectivity index is 1.89. The summed E-state index contributed by atoms with van der Waals surface area (Å²) in [5.41, 5.74) is 6.86. The number of hydrogen-bond donors (Lipinski definition) is 1. The van der Waals surface area contributed by atoms with Crippen molar-refractivity contribution in [2.75, 3.05) is 24.6 Å². The molecule has 1 fully saturated rings. The minimum absolute atomic E-state index is 0.278. The molecule has 1 N–H and O–H groups in total. The largest absolute Gasteiger partial charge is 0.494 e. The fourth-order valence-electron chi connectivity index (χ4n) is 3.81. The molecule has 0 unspecified atom stereocenters. The van der Waals surface area contributed by atoms with Gasteiger partial charge in [0.15, 0.2) is 5.65 Å². The van der Waals surface area contributed by atoms with Crippen LogP contribution in [-0.4, -0.2) is 45.5 Å². The normalized spacial score (nSPS) is 17.1. The van der Waals surface area contributed by atoms with Crippen molar-refractivity contribution < 1.29 is 9.84 Å². The minimum Gasteiger partial charge on any atom is -0.494 e. The van der Waals surface area contributed by atoms with Crippen LogP contribution in [0.3, 0.4) is 0 Å². The number of aliphatic hydroxyl groups excluding tert-OH is 1. The van der Waals surface area contributed by atoms with Crippen molar-refractivity contribution >= 4 is 11.3 Å². The van der Waals surface area contributed by atoms with Gasteiger partial charge in [-0.15, -0.1) is 0 Å². The Labute approximate surface area is 159 Å². The number of anilines is 1. The molecular weight excluding hydrogens is 340 g/mol. The standard InChI is InChI=1S/C21H26N4O2/c1-5-27-19-11-16(7-6-13(19)2)20-15(4)22-21-18(10-14(3)23-25(20)21)24-9-8-17(26)12-24/h6-7,10-11,17,26H,5,8-9,12H2,1-4H3/t17-/m1/s1. The molecule has 0 radical (unpaired) electrons. The van der Waals surface area contributed by atoms with Crippen LogP contribution in [0.4, 0.5) is 5.69 Å². The predicted molar refractivity (Wildman–Crippen MR) is 107 cm³/mol. The quantitative estimate of drug-likeness (QED) is 0.768. The van der Waals surface area contributed by atoms with Crippen LogP contribution in [0, 0.1) is 20.8 Å². The van der Waals surface area contributed by atoms with E-state index in [4.69, 9.17) is 14.8 Å². The zero-order valence-corrected chi connectivity index (χ0v) is 16.4. The number of β-amino-alcohol motifs (C(OH)–C–C–N with tert-alkyl or cyclic N) is 1. The lowest BCUT2D eigenvalue weighted by Crippen LogP contribution is -2.22. The molecule has 1 saturated heterocycles. The first-order chi connectivity index (χ1) is 13.0. The van der Waals surface area contributed by atoms with E-state index in [1.807, 2.05) is 25.3 Å². The molecule has 1 atom stereocenters. The highest BCUT2D eigenvalue weighted by molar-refractivity contribution is 5.76. The van der Waals surface area contributed by atoms with Crippen LogP contribution in [0.5, 0.6) is 5.75 Å². The third-order valence-electron chi connectivity index (χ3n) is 5.13. The third-order valence-corrected chi connectivity index (χ3v) is 5.13. The molecule has 0 saturated carbocycles. The summed E-state index contributed by atoms with van der Waals surface area (Å²) in [5.74, 6) is 0.889. The summed E-state index contributed by atoms with van der Waals surface area (Å²) in [4.78, 5) is 7.03. The third kappa shape index (κ3) is 3.14. The average Bonchev–Trinajstić information content (AvgIpc) is 3.19. The van der Waals surface area contributed by atoms with E-state index in [0.717, 1.165) is 58.3 Å². The Bertz CT molecular complexity index is 996. The summed E-state index contributed by atoms with van der Waals surface area (Å²) in [6, 6.07) is 8.30. The summed E-state index contributed by atoms with van der Waals surface area (Å²) in [6.45, 7) is 10.2. The van der Waals surface area contributed by atoms with Gasteiger partial charge >= 0.3 is 0 Å². The van der Waals surface area contributed by atoms with Gasteiger partial charge in [0.1, 0.15) is 5.75 Å². The van der Waals surface area contributed by atoms with E-state index in [1.54, 1.807) is 0 Å². The summed E-state index contributed by atoms with van der Waals surface area (Å²) < 4.78 is 7.72. The van der Waals surface area contributed by atoms with Crippen LogP contribution in [0.15, 0.2) is 24.3 Å². The molecule has 4 rings (SSSR count). The van der Waals surface area contributed by atoms with Crippen LogP contribution in [0.25, 0.3) is 16.9 Å². The van der Waals surface area contributed by atoms with E-state index >= 15 is 0 Å². The SMILES string of the molecule is CCOc1cc(-c2c(C)nc3c(N4CC[C@@H](O)C4)cc(C)nn23)ccc1C. The maximum Gasteiger partial charge on any atom is 0.178 e. The second kappa shape index (κ2) is 6.85. The minimum atomic E-state index is -0.278. The highest BCUT2D eigenvalue weighted by Crippen LogP contribution is 2.33. The first-order valence-corrected chi connectivity index (χ1v) is 9.51. The molecule has 2 aromatic heterocycles. The van der Waals surface area contributed by atoms with Crippen LogP contribution in [-0.2, 0) is 0 Å². The van der Waals surface area contributed by atoms with Gasteiger partial charge in [-0.25, -0.2) is 9.50 Å². The number of fused-ring (bicyclic) bond motifs is 1. The van der Waals surface area contributed by atoms with Crippen LogP contribution in [0.2, 0.25) is 0 Å². The molecule has 0 bridgehead atoms. The molecule has 0 aliphatic carbocycles. The first-order valence-electron chi connectivity index (χ1n) is 9.51. The highest BCUT2D eigenvalue weighted by atomic mass is 16.5. The lowest BCUT2D eigenvalue weighted by Gasteiger charge is -2.19. The maximum absolute atomic E-state index is 9.95. The van der Waals surface area contributed by atoms with Crippen molar-refractivity contribution in [2.24, 2.45) is 0 Å². The Kier molecular flexibility index (Phi) is 4.52. The van der Waals surface area contributed by atoms with E-state index in [-0.39, 0.29) is 6.10 Å². The molecule has 27 heavy (non-hydrogen) atoms. The fourth-order valence-corrected chi connectivity index (χ4v) is 3.81. The molecule has 3 aromatic rings. The second-order valence-electron chi connectivity index (χ2n) is 7.25. The molecule has 0 amide bonds. The van der Waals surface area contributed by atoms with Crippen molar-refractivity contribution in [3.8, 4) is 17.0 Å². The highest BCUT2D eigenvalue weighted by Gasteiger charge is 2.25. The van der Waals surface area contributed by atoms with E-state index in [0.29, 0.717) is 13.2 Å². The predicted octanol–water partition coefficient (Wildman–Crippen LogP) is 3.29. The summed E-state index contributed by atoms with van der Waals surface area (Å²) in [6.07, 6.45) is 0.510. The Hall–Kier alpha value is -2.60. The van der Waals surface area contributed by atoms with Gasteiger partial charge in [-0.3, -0.25) is 0 Å². The molecule has 0 spiro atoms. The molecular formula is C21H26N4O2. The number of hydrogen-bond acceptors (Lipinski definition) is 5. The van der Waals surface area contributed by atoms with Crippen LogP contribution >= 0.6 is 0 Å². The second-order valence-corrected chi connectivity index (χ2v) is 7.25. The molecule has 6 nitrogen and oxygen atoms in total. The lowest BCUT2D eigenvalue weighted by atomic mass is 10.1.